The molecule has 0 radical (unpaired) electrons. The van der Waals surface area contributed by atoms with Crippen LogP contribution in [0, 0.1) is 0 Å². The molecule has 0 amide bonds. The van der Waals surface area contributed by atoms with Gasteiger partial charge in [-0.3, -0.25) is 4.79 Å². The monoisotopic (exact) mass is 414 g/mol. The topological polar surface area (TPSA) is 43.4 Å². The van der Waals surface area contributed by atoms with Crippen LogP contribution in [0.3, 0.4) is 0 Å². The smallest absolute Gasteiger partial charge is 0.346 e. The van der Waals surface area contributed by atoms with Gasteiger partial charge in [0.2, 0.25) is 0 Å². The Bertz CT molecular complexity index is 896. The van der Waals surface area contributed by atoms with Crippen LogP contribution in [0.4, 0.5) is 0 Å². The lowest BCUT2D eigenvalue weighted by Crippen LogP contribution is -2.31. The van der Waals surface area contributed by atoms with E-state index in [-0.39, 0.29) is 11.8 Å². The maximum atomic E-state index is 12.3. The molecule has 23 heavy (non-hydrogen) atoms. The summed E-state index contributed by atoms with van der Waals surface area (Å²) >= 11 is 2.03. The molecule has 2 aromatic carbocycles. The lowest BCUT2D eigenvalue weighted by molar-refractivity contribution is -0.143. The Labute approximate surface area is 146 Å². The SMILES string of the molecule is O=C1OC2(C=CC(=O)c3ccccc32)C(c2ccccc2)=C1I. The van der Waals surface area contributed by atoms with Crippen molar-refractivity contribution in [3.63, 3.8) is 0 Å². The number of ether oxygens (including phenoxy) is 1. The van der Waals surface area contributed by atoms with Crippen molar-refractivity contribution in [3.8, 4) is 0 Å². The highest BCUT2D eigenvalue weighted by atomic mass is 127. The molecule has 1 atom stereocenters. The number of carbonyl (C=O) groups excluding carboxylic acids is 2. The number of hydrogen-bond donors (Lipinski definition) is 0. The highest BCUT2D eigenvalue weighted by Gasteiger charge is 2.50. The molecule has 1 heterocycles. The van der Waals surface area contributed by atoms with Crippen LogP contribution in [0.15, 0.2) is 70.3 Å². The summed E-state index contributed by atoms with van der Waals surface area (Å²) in [4.78, 5) is 24.5. The summed E-state index contributed by atoms with van der Waals surface area (Å²) < 4.78 is 6.33. The molecule has 0 saturated heterocycles. The first-order valence-electron chi connectivity index (χ1n) is 7.15. The minimum Gasteiger partial charge on any atom is -0.441 e. The van der Waals surface area contributed by atoms with Crippen molar-refractivity contribution in [2.45, 2.75) is 5.60 Å². The standard InChI is InChI=1S/C19H11IO3/c20-17-16(12-6-2-1-3-7-12)19(23-18(17)22)11-10-15(21)13-8-4-5-9-14(13)19/h1-11H. The van der Waals surface area contributed by atoms with Crippen LogP contribution in [0.25, 0.3) is 5.57 Å². The van der Waals surface area contributed by atoms with Crippen molar-refractivity contribution in [3.05, 3.63) is 87.0 Å². The van der Waals surface area contributed by atoms with Crippen molar-refractivity contribution >= 4 is 39.9 Å². The van der Waals surface area contributed by atoms with Crippen LogP contribution in [-0.2, 0) is 15.1 Å². The van der Waals surface area contributed by atoms with Gasteiger partial charge in [0.15, 0.2) is 11.4 Å². The van der Waals surface area contributed by atoms with Crippen molar-refractivity contribution in [2.24, 2.45) is 0 Å². The molecule has 1 unspecified atom stereocenters. The number of hydrogen-bond acceptors (Lipinski definition) is 3. The minimum atomic E-state index is -1.03. The number of fused-ring (bicyclic) bond motifs is 2. The van der Waals surface area contributed by atoms with Gasteiger partial charge in [0.1, 0.15) is 3.58 Å². The molecule has 1 aliphatic heterocycles. The molecule has 0 bridgehead atoms. The fourth-order valence-corrected chi connectivity index (χ4v) is 3.98. The van der Waals surface area contributed by atoms with Gasteiger partial charge in [-0.15, -0.1) is 0 Å². The average molecular weight is 414 g/mol. The summed E-state index contributed by atoms with van der Waals surface area (Å²) in [5.74, 6) is -0.435. The normalized spacial score (nSPS) is 22.5. The highest BCUT2D eigenvalue weighted by Crippen LogP contribution is 2.51. The molecule has 2 aliphatic rings. The maximum absolute atomic E-state index is 12.3. The average Bonchev–Trinajstić information content (AvgIpc) is 2.84. The minimum absolute atomic E-state index is 0.0726. The summed E-state index contributed by atoms with van der Waals surface area (Å²) in [6.07, 6.45) is 3.19. The molecule has 0 fully saturated rings. The van der Waals surface area contributed by atoms with E-state index < -0.39 is 5.60 Å². The number of carbonyl (C=O) groups is 2. The fourth-order valence-electron chi connectivity index (χ4n) is 3.15. The van der Waals surface area contributed by atoms with Crippen LogP contribution in [0.5, 0.6) is 0 Å². The zero-order valence-corrected chi connectivity index (χ0v) is 14.1. The molecule has 1 spiro atoms. The molecule has 0 aromatic heterocycles. The van der Waals surface area contributed by atoms with Crippen LogP contribution >= 0.6 is 22.6 Å². The van der Waals surface area contributed by atoms with E-state index in [2.05, 4.69) is 0 Å². The molecule has 3 nitrogen and oxygen atoms in total. The number of ketones is 1. The Morgan fingerprint density at radius 1 is 0.913 bits per heavy atom. The Kier molecular flexibility index (Phi) is 3.23. The van der Waals surface area contributed by atoms with Crippen LogP contribution in [0.1, 0.15) is 21.5 Å². The first-order valence-corrected chi connectivity index (χ1v) is 8.23. The van der Waals surface area contributed by atoms with Gasteiger partial charge in [-0.1, -0.05) is 54.6 Å². The summed E-state index contributed by atoms with van der Waals surface area (Å²) in [6, 6.07) is 17.0. The van der Waals surface area contributed by atoms with Gasteiger partial charge >= 0.3 is 5.97 Å². The van der Waals surface area contributed by atoms with Crippen molar-refractivity contribution in [1.82, 2.24) is 0 Å². The van der Waals surface area contributed by atoms with E-state index in [1.807, 2.05) is 71.1 Å². The molecule has 4 heteroatoms. The third-order valence-corrected chi connectivity index (χ3v) is 5.13. The van der Waals surface area contributed by atoms with Crippen LogP contribution in [0.2, 0.25) is 0 Å². The lowest BCUT2D eigenvalue weighted by Gasteiger charge is -2.32. The van der Waals surface area contributed by atoms with E-state index in [4.69, 9.17) is 4.74 Å². The summed E-state index contributed by atoms with van der Waals surface area (Å²) in [6.45, 7) is 0. The molecular formula is C19H11IO3. The third-order valence-electron chi connectivity index (χ3n) is 4.15. The predicted molar refractivity (Wildman–Crippen MR) is 95.1 cm³/mol. The van der Waals surface area contributed by atoms with Gasteiger partial charge in [-0.25, -0.2) is 4.79 Å². The second kappa shape index (κ2) is 5.16. The lowest BCUT2D eigenvalue weighted by atomic mass is 9.77. The molecule has 2 aromatic rings. The Hall–Kier alpha value is -2.21. The number of allylic oxidation sites excluding steroid dienone is 1. The second-order valence-corrected chi connectivity index (χ2v) is 6.50. The highest BCUT2D eigenvalue weighted by molar-refractivity contribution is 14.1. The maximum Gasteiger partial charge on any atom is 0.346 e. The number of halogens is 1. The summed E-state index contributed by atoms with van der Waals surface area (Å²) in [7, 11) is 0. The van der Waals surface area contributed by atoms with E-state index in [0.717, 1.165) is 11.1 Å². The molecule has 0 saturated carbocycles. The number of rotatable bonds is 1. The van der Waals surface area contributed by atoms with E-state index in [1.165, 1.54) is 6.08 Å². The zero-order valence-electron chi connectivity index (χ0n) is 12.0. The van der Waals surface area contributed by atoms with Gasteiger partial charge < -0.3 is 4.74 Å². The number of benzene rings is 2. The first kappa shape index (κ1) is 14.4. The van der Waals surface area contributed by atoms with Crippen molar-refractivity contribution in [2.75, 3.05) is 0 Å². The first-order chi connectivity index (χ1) is 11.1. The van der Waals surface area contributed by atoms with E-state index in [1.54, 1.807) is 12.1 Å². The van der Waals surface area contributed by atoms with E-state index >= 15 is 0 Å². The van der Waals surface area contributed by atoms with E-state index in [9.17, 15) is 9.59 Å². The van der Waals surface area contributed by atoms with Gasteiger partial charge in [0, 0.05) is 16.7 Å². The molecule has 0 N–H and O–H groups in total. The van der Waals surface area contributed by atoms with Gasteiger partial charge in [0.05, 0.1) is 0 Å². The third kappa shape index (κ3) is 2.01. The van der Waals surface area contributed by atoms with Gasteiger partial charge in [-0.2, -0.15) is 0 Å². The summed E-state index contributed by atoms with van der Waals surface area (Å²) in [5.41, 5.74) is 1.96. The fraction of sp³-hybridized carbons (Fsp3) is 0.0526. The summed E-state index contributed by atoms with van der Waals surface area (Å²) in [5, 5.41) is 0. The van der Waals surface area contributed by atoms with Gasteiger partial charge in [0.25, 0.3) is 0 Å². The molecule has 4 rings (SSSR count). The number of esters is 1. The Morgan fingerprint density at radius 2 is 1.61 bits per heavy atom. The Morgan fingerprint density at radius 3 is 2.39 bits per heavy atom. The van der Waals surface area contributed by atoms with Gasteiger partial charge in [-0.05, 0) is 40.3 Å². The molecular weight excluding hydrogens is 403 g/mol. The van der Waals surface area contributed by atoms with E-state index in [0.29, 0.717) is 14.7 Å². The molecule has 112 valence electrons. The van der Waals surface area contributed by atoms with Crippen molar-refractivity contribution in [1.29, 1.82) is 0 Å². The second-order valence-electron chi connectivity index (χ2n) is 5.42. The Balaban J connectivity index is 2.03. The largest absolute Gasteiger partial charge is 0.441 e. The van der Waals surface area contributed by atoms with Crippen LogP contribution in [-0.4, -0.2) is 11.8 Å². The zero-order chi connectivity index (χ0) is 16.0. The van der Waals surface area contributed by atoms with Crippen molar-refractivity contribution < 1.29 is 14.3 Å². The molecule has 1 aliphatic carbocycles. The van der Waals surface area contributed by atoms with Crippen LogP contribution < -0.4 is 0 Å². The quantitative estimate of drug-likeness (QED) is 0.523. The predicted octanol–water partition coefficient (Wildman–Crippen LogP) is 4.04.